The number of hydrazone groups is 1. The molecule has 5 nitrogen and oxygen atoms in total. The van der Waals surface area contributed by atoms with E-state index in [9.17, 15) is 15.0 Å². The smallest absolute Gasteiger partial charge is 0.273 e. The maximum absolute atomic E-state index is 11.7. The summed E-state index contributed by atoms with van der Waals surface area (Å²) in [5, 5.41) is 23.0. The van der Waals surface area contributed by atoms with Crippen molar-refractivity contribution < 1.29 is 15.0 Å². The predicted molar refractivity (Wildman–Crippen MR) is 75.2 cm³/mol. The van der Waals surface area contributed by atoms with Gasteiger partial charge in [0, 0.05) is 5.56 Å². The summed E-state index contributed by atoms with van der Waals surface area (Å²) in [6.45, 7) is 0. The first-order valence-corrected chi connectivity index (χ1v) is 6.02. The largest absolute Gasteiger partial charge is 0.507 e. The molecule has 0 spiro atoms. The van der Waals surface area contributed by atoms with Gasteiger partial charge in [0.15, 0.2) is 6.10 Å². The third-order valence-corrected chi connectivity index (χ3v) is 2.68. The number of rotatable bonds is 4. The number of aliphatic hydroxyl groups is 1. The molecule has 0 fully saturated rings. The summed E-state index contributed by atoms with van der Waals surface area (Å²) in [6.07, 6.45) is 0.0306. The van der Waals surface area contributed by atoms with Crippen molar-refractivity contribution in [3.8, 4) is 5.75 Å². The molecule has 1 unspecified atom stereocenters. The Bertz CT molecular complexity index is 612. The van der Waals surface area contributed by atoms with Crippen molar-refractivity contribution in [3.05, 3.63) is 65.7 Å². The molecule has 2 aromatic carbocycles. The van der Waals surface area contributed by atoms with Crippen LogP contribution in [0.1, 0.15) is 17.2 Å². The van der Waals surface area contributed by atoms with Crippen LogP contribution in [0.5, 0.6) is 5.75 Å². The lowest BCUT2D eigenvalue weighted by Crippen LogP contribution is -2.25. The Morgan fingerprint density at radius 1 is 1.10 bits per heavy atom. The number of amides is 1. The third kappa shape index (κ3) is 3.43. The average molecular weight is 270 g/mol. The van der Waals surface area contributed by atoms with Crippen molar-refractivity contribution in [1.29, 1.82) is 0 Å². The minimum absolute atomic E-state index is 0.0640. The summed E-state index contributed by atoms with van der Waals surface area (Å²) < 4.78 is 0. The second kappa shape index (κ2) is 6.49. The SMILES string of the molecule is O=C(N/N=C/c1ccccc1O)C(O)c1ccccc1. The van der Waals surface area contributed by atoms with E-state index in [1.54, 1.807) is 48.5 Å². The Labute approximate surface area is 116 Å². The van der Waals surface area contributed by atoms with Gasteiger partial charge < -0.3 is 10.2 Å². The van der Waals surface area contributed by atoms with Crippen LogP contribution < -0.4 is 5.43 Å². The molecule has 20 heavy (non-hydrogen) atoms. The number of para-hydroxylation sites is 1. The highest BCUT2D eigenvalue weighted by atomic mass is 16.3. The number of aliphatic hydroxyl groups excluding tert-OH is 1. The van der Waals surface area contributed by atoms with Crippen molar-refractivity contribution in [2.24, 2.45) is 5.10 Å². The minimum Gasteiger partial charge on any atom is -0.507 e. The van der Waals surface area contributed by atoms with Crippen molar-refractivity contribution in [3.63, 3.8) is 0 Å². The molecule has 0 aliphatic rings. The van der Waals surface area contributed by atoms with Crippen LogP contribution >= 0.6 is 0 Å². The molecule has 102 valence electrons. The summed E-state index contributed by atoms with van der Waals surface area (Å²) in [5.74, 6) is -0.572. The zero-order valence-corrected chi connectivity index (χ0v) is 10.6. The topological polar surface area (TPSA) is 81.9 Å². The summed E-state index contributed by atoms with van der Waals surface area (Å²) in [6, 6.07) is 15.2. The molecule has 0 saturated carbocycles. The first-order valence-electron chi connectivity index (χ1n) is 6.02. The van der Waals surface area contributed by atoms with Gasteiger partial charge in [-0.2, -0.15) is 5.10 Å². The van der Waals surface area contributed by atoms with Crippen molar-refractivity contribution in [1.82, 2.24) is 5.43 Å². The van der Waals surface area contributed by atoms with Crippen LogP contribution in [0, 0.1) is 0 Å². The normalized spacial score (nSPS) is 12.2. The summed E-state index contributed by atoms with van der Waals surface area (Å²) in [4.78, 5) is 11.7. The number of aromatic hydroxyl groups is 1. The van der Waals surface area contributed by atoms with Crippen LogP contribution in [-0.2, 0) is 4.79 Å². The fraction of sp³-hybridized carbons (Fsp3) is 0.0667. The molecular formula is C15H14N2O3. The van der Waals surface area contributed by atoms with E-state index < -0.39 is 12.0 Å². The Morgan fingerprint density at radius 2 is 1.75 bits per heavy atom. The van der Waals surface area contributed by atoms with E-state index in [2.05, 4.69) is 10.5 Å². The van der Waals surface area contributed by atoms with E-state index in [-0.39, 0.29) is 5.75 Å². The number of phenols is 1. The van der Waals surface area contributed by atoms with E-state index in [1.165, 1.54) is 12.3 Å². The Morgan fingerprint density at radius 3 is 2.45 bits per heavy atom. The van der Waals surface area contributed by atoms with Crippen molar-refractivity contribution >= 4 is 12.1 Å². The minimum atomic E-state index is -1.28. The predicted octanol–water partition coefficient (Wildman–Crippen LogP) is 1.58. The lowest BCUT2D eigenvalue weighted by molar-refractivity contribution is -0.129. The molecule has 0 aliphatic carbocycles. The average Bonchev–Trinajstić information content (AvgIpc) is 2.49. The summed E-state index contributed by atoms with van der Waals surface area (Å²) >= 11 is 0. The van der Waals surface area contributed by atoms with Gasteiger partial charge in [0.1, 0.15) is 5.75 Å². The number of benzene rings is 2. The second-order valence-electron chi connectivity index (χ2n) is 4.11. The quantitative estimate of drug-likeness (QED) is 0.582. The molecule has 0 aliphatic heterocycles. The van der Waals surface area contributed by atoms with E-state index in [4.69, 9.17) is 0 Å². The zero-order valence-electron chi connectivity index (χ0n) is 10.6. The van der Waals surface area contributed by atoms with Gasteiger partial charge in [-0.1, -0.05) is 42.5 Å². The zero-order chi connectivity index (χ0) is 14.4. The van der Waals surface area contributed by atoms with Gasteiger partial charge in [0.05, 0.1) is 6.21 Å². The lowest BCUT2D eigenvalue weighted by Gasteiger charge is -2.08. The first kappa shape index (κ1) is 13.8. The summed E-state index contributed by atoms with van der Waals surface area (Å²) in [5.41, 5.74) is 3.19. The number of hydrogen-bond donors (Lipinski definition) is 3. The Kier molecular flexibility index (Phi) is 4.47. The molecule has 2 aromatic rings. The van der Waals surface area contributed by atoms with Gasteiger partial charge in [0.25, 0.3) is 5.91 Å². The maximum atomic E-state index is 11.7. The van der Waals surface area contributed by atoms with Crippen LogP contribution in [0.3, 0.4) is 0 Å². The van der Waals surface area contributed by atoms with E-state index in [1.807, 2.05) is 0 Å². The second-order valence-corrected chi connectivity index (χ2v) is 4.11. The number of carbonyl (C=O) groups excluding carboxylic acids is 1. The van der Waals surface area contributed by atoms with Crippen molar-refractivity contribution in [2.75, 3.05) is 0 Å². The van der Waals surface area contributed by atoms with Gasteiger partial charge >= 0.3 is 0 Å². The fourth-order valence-corrected chi connectivity index (χ4v) is 1.61. The number of carbonyl (C=O) groups is 1. The highest BCUT2D eigenvalue weighted by Crippen LogP contribution is 2.13. The van der Waals surface area contributed by atoms with E-state index in [0.717, 1.165) is 0 Å². The molecule has 0 radical (unpaired) electrons. The van der Waals surface area contributed by atoms with Crippen LogP contribution in [0.4, 0.5) is 0 Å². The monoisotopic (exact) mass is 270 g/mol. The number of hydrogen-bond acceptors (Lipinski definition) is 4. The molecule has 3 N–H and O–H groups in total. The maximum Gasteiger partial charge on any atom is 0.273 e. The molecule has 0 bridgehead atoms. The van der Waals surface area contributed by atoms with Gasteiger partial charge in [0.2, 0.25) is 0 Å². The molecule has 0 heterocycles. The first-order chi connectivity index (χ1) is 9.68. The number of phenolic OH excluding ortho intramolecular Hbond substituents is 1. The van der Waals surface area contributed by atoms with Gasteiger partial charge in [-0.3, -0.25) is 4.79 Å². The molecule has 5 heteroatoms. The molecule has 1 atom stereocenters. The Hall–Kier alpha value is -2.66. The number of nitrogens with one attached hydrogen (secondary N) is 1. The fourth-order valence-electron chi connectivity index (χ4n) is 1.61. The van der Waals surface area contributed by atoms with Crippen LogP contribution in [0.25, 0.3) is 0 Å². The van der Waals surface area contributed by atoms with E-state index in [0.29, 0.717) is 11.1 Å². The summed E-state index contributed by atoms with van der Waals surface area (Å²) in [7, 11) is 0. The van der Waals surface area contributed by atoms with E-state index >= 15 is 0 Å². The third-order valence-electron chi connectivity index (χ3n) is 2.68. The molecule has 0 aromatic heterocycles. The highest BCUT2D eigenvalue weighted by Gasteiger charge is 2.15. The molecular weight excluding hydrogens is 256 g/mol. The Balaban J connectivity index is 1.97. The molecule has 1 amide bonds. The lowest BCUT2D eigenvalue weighted by atomic mass is 10.1. The van der Waals surface area contributed by atoms with Crippen LogP contribution in [0.2, 0.25) is 0 Å². The number of nitrogens with zero attached hydrogens (tertiary/aromatic N) is 1. The van der Waals surface area contributed by atoms with Gasteiger partial charge in [-0.25, -0.2) is 5.43 Å². The van der Waals surface area contributed by atoms with Crippen LogP contribution in [-0.4, -0.2) is 22.3 Å². The van der Waals surface area contributed by atoms with Crippen molar-refractivity contribution in [2.45, 2.75) is 6.10 Å². The van der Waals surface area contributed by atoms with Gasteiger partial charge in [-0.05, 0) is 17.7 Å². The van der Waals surface area contributed by atoms with Gasteiger partial charge in [-0.15, -0.1) is 0 Å². The molecule has 2 rings (SSSR count). The highest BCUT2D eigenvalue weighted by molar-refractivity contribution is 5.86. The molecule has 0 saturated heterocycles. The standard InChI is InChI=1S/C15H14N2O3/c18-13-9-5-4-8-12(13)10-16-17-15(20)14(19)11-6-2-1-3-7-11/h1-10,14,18-19H,(H,17,20)/b16-10+. The van der Waals surface area contributed by atoms with Crippen LogP contribution in [0.15, 0.2) is 59.7 Å².